The summed E-state index contributed by atoms with van der Waals surface area (Å²) >= 11 is 0. The van der Waals surface area contributed by atoms with E-state index in [1.54, 1.807) is 0 Å². The zero-order chi connectivity index (χ0) is 10.7. The molecule has 0 aromatic rings. The predicted molar refractivity (Wildman–Crippen MR) is 45.3 cm³/mol. The fourth-order valence-electron chi connectivity index (χ4n) is 1.41. The second kappa shape index (κ2) is 4.56. The predicted octanol–water partition coefficient (Wildman–Crippen LogP) is -2.25. The summed E-state index contributed by atoms with van der Waals surface area (Å²) in [6.45, 7) is -0.349. The molecule has 5 N–H and O–H groups in total. The molecule has 1 fully saturated rings. The molecule has 7 heteroatoms. The fourth-order valence-corrected chi connectivity index (χ4v) is 1.41. The Hall–Kier alpha value is -0.890. The van der Waals surface area contributed by atoms with Crippen LogP contribution in [0.5, 0.6) is 0 Å². The molecule has 0 bridgehead atoms. The van der Waals surface area contributed by atoms with Gasteiger partial charge in [0.25, 0.3) is 0 Å². The van der Waals surface area contributed by atoms with Crippen molar-refractivity contribution in [2.45, 2.75) is 24.5 Å². The minimum atomic E-state index is -0.984. The van der Waals surface area contributed by atoms with Crippen LogP contribution >= 0.6 is 0 Å². The van der Waals surface area contributed by atoms with Crippen LogP contribution in [0.1, 0.15) is 0 Å². The van der Waals surface area contributed by atoms with Gasteiger partial charge >= 0.3 is 6.03 Å². The second-order valence-electron chi connectivity index (χ2n) is 2.98. The van der Waals surface area contributed by atoms with E-state index in [1.807, 2.05) is 0 Å². The molecule has 1 rings (SSSR count). The van der Waals surface area contributed by atoms with Crippen LogP contribution in [0, 0.1) is 0 Å². The summed E-state index contributed by atoms with van der Waals surface area (Å²) in [5, 5.41) is 20.6. The van der Waals surface area contributed by atoms with Gasteiger partial charge in [0.15, 0.2) is 6.23 Å². The van der Waals surface area contributed by atoms with Crippen LogP contribution in [0.25, 0.3) is 0 Å². The topological polar surface area (TPSA) is 114 Å². The van der Waals surface area contributed by atoms with Crippen molar-refractivity contribution in [1.82, 2.24) is 5.32 Å². The van der Waals surface area contributed by atoms with Crippen LogP contribution in [0.3, 0.4) is 0 Å². The third-order valence-corrected chi connectivity index (χ3v) is 2.07. The summed E-state index contributed by atoms with van der Waals surface area (Å²) in [5.41, 5.74) is 4.89. The van der Waals surface area contributed by atoms with E-state index in [9.17, 15) is 9.90 Å². The van der Waals surface area contributed by atoms with Gasteiger partial charge in [0, 0.05) is 7.11 Å². The van der Waals surface area contributed by atoms with E-state index in [1.165, 1.54) is 7.11 Å². The molecular weight excluding hydrogens is 192 g/mol. The summed E-state index contributed by atoms with van der Waals surface area (Å²) < 4.78 is 10.0. The van der Waals surface area contributed by atoms with Gasteiger partial charge in [-0.15, -0.1) is 0 Å². The first-order valence-corrected chi connectivity index (χ1v) is 4.13. The maximum atomic E-state index is 10.5. The maximum Gasteiger partial charge on any atom is 0.314 e. The van der Waals surface area contributed by atoms with Crippen molar-refractivity contribution in [1.29, 1.82) is 0 Å². The van der Waals surface area contributed by atoms with Crippen molar-refractivity contribution in [2.24, 2.45) is 5.73 Å². The molecule has 4 unspecified atom stereocenters. The smallest absolute Gasteiger partial charge is 0.314 e. The van der Waals surface area contributed by atoms with E-state index in [0.29, 0.717) is 0 Å². The zero-order valence-electron chi connectivity index (χ0n) is 7.71. The Balaban J connectivity index is 2.62. The molecule has 82 valence electrons. The van der Waals surface area contributed by atoms with Gasteiger partial charge in [-0.2, -0.15) is 0 Å². The summed E-state index contributed by atoms with van der Waals surface area (Å²) in [5.74, 6) is 0. The standard InChI is InChI=1S/C7H14N2O5/c1-13-5-4(11)3(2-10)14-6(5)9-7(8)12/h3-6,10-11H,2H2,1H3,(H3,8,9,12). The highest BCUT2D eigenvalue weighted by Crippen LogP contribution is 2.21. The first kappa shape index (κ1) is 11.2. The molecular formula is C7H14N2O5. The number of amides is 2. The highest BCUT2D eigenvalue weighted by molar-refractivity contribution is 5.71. The number of aliphatic hydroxyl groups excluding tert-OH is 2. The lowest BCUT2D eigenvalue weighted by molar-refractivity contribution is -0.0305. The van der Waals surface area contributed by atoms with Gasteiger partial charge in [0.1, 0.15) is 18.3 Å². The summed E-state index contributed by atoms with van der Waals surface area (Å²) in [6, 6.07) is -0.775. The molecule has 14 heavy (non-hydrogen) atoms. The minimum Gasteiger partial charge on any atom is -0.394 e. The third-order valence-electron chi connectivity index (χ3n) is 2.07. The Morgan fingerprint density at radius 1 is 1.71 bits per heavy atom. The van der Waals surface area contributed by atoms with Crippen molar-refractivity contribution >= 4 is 6.03 Å². The second-order valence-corrected chi connectivity index (χ2v) is 2.98. The molecule has 0 spiro atoms. The van der Waals surface area contributed by atoms with Crippen molar-refractivity contribution in [3.63, 3.8) is 0 Å². The molecule has 0 aliphatic carbocycles. The number of ether oxygens (including phenoxy) is 2. The van der Waals surface area contributed by atoms with Crippen LogP contribution in [-0.2, 0) is 9.47 Å². The number of carbonyl (C=O) groups excluding carboxylic acids is 1. The van der Waals surface area contributed by atoms with E-state index in [0.717, 1.165) is 0 Å². The quantitative estimate of drug-likeness (QED) is 0.416. The molecule has 4 atom stereocenters. The number of rotatable bonds is 3. The molecule has 1 aliphatic rings. The highest BCUT2D eigenvalue weighted by Gasteiger charge is 2.44. The molecule has 1 aliphatic heterocycles. The Bertz CT molecular complexity index is 212. The summed E-state index contributed by atoms with van der Waals surface area (Å²) in [6.07, 6.45) is -3.30. The van der Waals surface area contributed by atoms with Crippen LogP contribution in [-0.4, -0.2) is 54.5 Å². The molecule has 0 aromatic carbocycles. The lowest BCUT2D eigenvalue weighted by atomic mass is 10.1. The molecule has 1 saturated heterocycles. The van der Waals surface area contributed by atoms with Crippen LogP contribution < -0.4 is 11.1 Å². The number of methoxy groups -OCH3 is 1. The Morgan fingerprint density at radius 3 is 2.79 bits per heavy atom. The van der Waals surface area contributed by atoms with E-state index >= 15 is 0 Å². The molecule has 1 heterocycles. The van der Waals surface area contributed by atoms with Gasteiger partial charge in [0.05, 0.1) is 6.61 Å². The normalized spacial score (nSPS) is 37.1. The number of carbonyl (C=O) groups is 1. The Morgan fingerprint density at radius 2 is 2.36 bits per heavy atom. The first-order chi connectivity index (χ1) is 6.60. The van der Waals surface area contributed by atoms with Gasteiger partial charge < -0.3 is 30.7 Å². The van der Waals surface area contributed by atoms with Gasteiger partial charge in [-0.05, 0) is 0 Å². The SMILES string of the molecule is COC1C(NC(N)=O)OC(CO)C1O. The zero-order valence-corrected chi connectivity index (χ0v) is 7.71. The van der Waals surface area contributed by atoms with Crippen molar-refractivity contribution < 1.29 is 24.5 Å². The van der Waals surface area contributed by atoms with Crippen molar-refractivity contribution in [3.8, 4) is 0 Å². The number of nitrogens with one attached hydrogen (secondary N) is 1. The van der Waals surface area contributed by atoms with E-state index in [-0.39, 0.29) is 6.61 Å². The number of hydrogen-bond acceptors (Lipinski definition) is 5. The number of primary amides is 1. The minimum absolute atomic E-state index is 0.349. The van der Waals surface area contributed by atoms with Crippen LogP contribution in [0.15, 0.2) is 0 Å². The number of hydrogen-bond donors (Lipinski definition) is 4. The van der Waals surface area contributed by atoms with Crippen molar-refractivity contribution in [3.05, 3.63) is 0 Å². The lowest BCUT2D eigenvalue weighted by Crippen LogP contribution is -2.46. The summed E-state index contributed by atoms with van der Waals surface area (Å²) in [4.78, 5) is 10.5. The molecule has 2 amide bonds. The molecule has 0 saturated carbocycles. The van der Waals surface area contributed by atoms with E-state index in [4.69, 9.17) is 20.3 Å². The van der Waals surface area contributed by atoms with Gasteiger partial charge in [-0.3, -0.25) is 0 Å². The number of urea groups is 1. The third kappa shape index (κ3) is 2.13. The number of aliphatic hydroxyl groups is 2. The van der Waals surface area contributed by atoms with Gasteiger partial charge in [0.2, 0.25) is 0 Å². The van der Waals surface area contributed by atoms with Crippen molar-refractivity contribution in [2.75, 3.05) is 13.7 Å². The lowest BCUT2D eigenvalue weighted by Gasteiger charge is -2.18. The van der Waals surface area contributed by atoms with E-state index < -0.39 is 30.6 Å². The highest BCUT2D eigenvalue weighted by atomic mass is 16.6. The van der Waals surface area contributed by atoms with Gasteiger partial charge in [-0.25, -0.2) is 4.79 Å². The van der Waals surface area contributed by atoms with Crippen LogP contribution in [0.2, 0.25) is 0 Å². The largest absolute Gasteiger partial charge is 0.394 e. The fraction of sp³-hybridized carbons (Fsp3) is 0.857. The average molecular weight is 206 g/mol. The number of nitrogens with two attached hydrogens (primary N) is 1. The Labute approximate surface area is 80.8 Å². The van der Waals surface area contributed by atoms with E-state index in [2.05, 4.69) is 5.32 Å². The Kier molecular flexibility index (Phi) is 3.64. The summed E-state index contributed by atoms with van der Waals surface area (Å²) in [7, 11) is 1.37. The monoisotopic (exact) mass is 206 g/mol. The van der Waals surface area contributed by atoms with Gasteiger partial charge in [-0.1, -0.05) is 0 Å². The molecule has 0 aromatic heterocycles. The van der Waals surface area contributed by atoms with Crippen LogP contribution in [0.4, 0.5) is 4.79 Å². The average Bonchev–Trinajstić information content (AvgIpc) is 2.41. The molecule has 0 radical (unpaired) electrons. The first-order valence-electron chi connectivity index (χ1n) is 4.13. The maximum absolute atomic E-state index is 10.5. The molecule has 7 nitrogen and oxygen atoms in total.